The maximum absolute atomic E-state index is 13.0. The normalized spacial score (nSPS) is 9.52. The summed E-state index contributed by atoms with van der Waals surface area (Å²) in [6, 6.07) is 6.18. The fourth-order valence-electron chi connectivity index (χ4n) is 1.56. The quantitative estimate of drug-likeness (QED) is 0.203. The van der Waals surface area contributed by atoms with E-state index in [1.54, 1.807) is 6.92 Å². The fraction of sp³-hybridized carbons (Fsp3) is 0.125. The van der Waals surface area contributed by atoms with Crippen molar-refractivity contribution in [3.8, 4) is 0 Å². The van der Waals surface area contributed by atoms with Gasteiger partial charge < -0.3 is 5.11 Å². The molecule has 25 heavy (non-hydrogen) atoms. The molecule has 1 N–H and O–H groups in total. The number of hydrogen-bond acceptors (Lipinski definition) is 2. The molecule has 0 fully saturated rings. The van der Waals surface area contributed by atoms with Gasteiger partial charge in [-0.2, -0.15) is 12.1 Å². The summed E-state index contributed by atoms with van der Waals surface area (Å²) in [5, 5.41) is 8.26. The van der Waals surface area contributed by atoms with Crippen molar-refractivity contribution < 1.29 is 65.0 Å². The van der Waals surface area contributed by atoms with Gasteiger partial charge in [0, 0.05) is 48.5 Å². The second kappa shape index (κ2) is 11.0. The average molecular weight is 542 g/mol. The van der Waals surface area contributed by atoms with Crippen LogP contribution in [0.4, 0.5) is 17.6 Å². The number of halogens is 5. The van der Waals surface area contributed by atoms with Crippen LogP contribution in [0, 0.1) is 32.9 Å². The van der Waals surface area contributed by atoms with Gasteiger partial charge in [0.15, 0.2) is 17.4 Å². The van der Waals surface area contributed by atoms with E-state index in [0.29, 0.717) is 3.57 Å². The van der Waals surface area contributed by atoms with E-state index < -0.39 is 34.8 Å². The van der Waals surface area contributed by atoms with Gasteiger partial charge >= 0.3 is 0 Å². The summed E-state index contributed by atoms with van der Waals surface area (Å²) in [5.41, 5.74) is -0.864. The van der Waals surface area contributed by atoms with Gasteiger partial charge in [-0.1, -0.05) is 6.92 Å². The van der Waals surface area contributed by atoms with Crippen LogP contribution in [0.1, 0.15) is 34.1 Å². The Balaban J connectivity index is 0.000000449. The summed E-state index contributed by atoms with van der Waals surface area (Å²) < 4.78 is 51.1. The number of ketones is 1. The predicted molar refractivity (Wildman–Crippen MR) is 85.8 cm³/mol. The first-order valence-electron chi connectivity index (χ1n) is 6.45. The van der Waals surface area contributed by atoms with Crippen LogP contribution < -0.4 is 0 Å². The van der Waals surface area contributed by atoms with E-state index in [4.69, 9.17) is 5.11 Å². The Morgan fingerprint density at radius 3 is 2.08 bits per heavy atom. The molecule has 0 aliphatic rings. The summed E-state index contributed by atoms with van der Waals surface area (Å²) in [7, 11) is 0. The fourth-order valence-corrected chi connectivity index (χ4v) is 2.14. The van der Waals surface area contributed by atoms with Crippen LogP contribution in [0.25, 0.3) is 0 Å². The second-order valence-corrected chi connectivity index (χ2v) is 5.61. The molecular formula is C16H10F4IO3Y-. The second-order valence-electron chi connectivity index (χ2n) is 4.36. The molecule has 0 unspecified atom stereocenters. The smallest absolute Gasteiger partial charge is 0.281 e. The molecule has 3 nitrogen and oxygen atoms in total. The number of benzene rings is 2. The number of carbonyl (C=O) groups is 2. The summed E-state index contributed by atoms with van der Waals surface area (Å²) in [4.78, 5) is 21.3. The van der Waals surface area contributed by atoms with E-state index in [-0.39, 0.29) is 50.5 Å². The van der Waals surface area contributed by atoms with Gasteiger partial charge in [-0.25, -0.2) is 13.2 Å². The van der Waals surface area contributed by atoms with Crippen molar-refractivity contribution >= 4 is 34.3 Å². The van der Waals surface area contributed by atoms with Crippen molar-refractivity contribution in [2.24, 2.45) is 0 Å². The van der Waals surface area contributed by atoms with E-state index >= 15 is 0 Å². The van der Waals surface area contributed by atoms with Crippen molar-refractivity contribution in [2.75, 3.05) is 0 Å². The molecule has 2 aromatic carbocycles. The maximum atomic E-state index is 13.0. The van der Waals surface area contributed by atoms with Crippen LogP contribution in [-0.4, -0.2) is 16.9 Å². The number of Topliss-reactive ketones (excluding diaryl/α,β-unsaturated/α-hetero) is 1. The largest absolute Gasteiger partial charge is 0.487 e. The average Bonchev–Trinajstić information content (AvgIpc) is 2.53. The molecule has 0 saturated heterocycles. The van der Waals surface area contributed by atoms with Crippen molar-refractivity contribution in [3.05, 3.63) is 68.3 Å². The summed E-state index contributed by atoms with van der Waals surface area (Å²) in [5.74, 6) is -6.45. The number of rotatable bonds is 3. The summed E-state index contributed by atoms with van der Waals surface area (Å²) in [6.07, 6.45) is 0.177. The van der Waals surface area contributed by atoms with Crippen LogP contribution in [0.5, 0.6) is 0 Å². The monoisotopic (exact) mass is 542 g/mol. The Morgan fingerprint density at radius 2 is 1.60 bits per heavy atom. The molecule has 1 radical (unpaired) electrons. The molecule has 0 aromatic heterocycles. The third-order valence-corrected chi connectivity index (χ3v) is 3.35. The van der Waals surface area contributed by atoms with Gasteiger partial charge in [-0.05, 0) is 40.3 Å². The topological polar surface area (TPSA) is 54.4 Å². The van der Waals surface area contributed by atoms with Crippen molar-refractivity contribution in [1.82, 2.24) is 0 Å². The van der Waals surface area contributed by atoms with E-state index in [1.807, 2.05) is 22.6 Å². The Bertz CT molecular complexity index is 784. The summed E-state index contributed by atoms with van der Waals surface area (Å²) >= 11 is 1.84. The third kappa shape index (κ3) is 6.75. The molecule has 0 atom stereocenters. The van der Waals surface area contributed by atoms with Crippen molar-refractivity contribution in [3.63, 3.8) is 0 Å². The molecule has 2 aromatic rings. The predicted octanol–water partition coefficient (Wildman–Crippen LogP) is 4.62. The Kier molecular flexibility index (Phi) is 10.6. The molecule has 0 spiro atoms. The summed E-state index contributed by atoms with van der Waals surface area (Å²) in [6.45, 7) is 1.61. The molecular weight excluding hydrogens is 532 g/mol. The maximum Gasteiger partial charge on any atom is 0.281 e. The Hall–Kier alpha value is -0.866. The first-order chi connectivity index (χ1) is 11.2. The zero-order chi connectivity index (χ0) is 18.4. The number of aromatic carboxylic acids is 1. The van der Waals surface area contributed by atoms with E-state index in [9.17, 15) is 27.2 Å². The molecule has 2 rings (SSSR count). The SMILES string of the molecule is CCC(=O)c1cc(I)cc(F)c1F.O=C(O)c1c[c-]cc(F)c1F.[Y]. The molecule has 0 aliphatic carbocycles. The van der Waals surface area contributed by atoms with Gasteiger partial charge in [0.1, 0.15) is 0 Å². The van der Waals surface area contributed by atoms with Gasteiger partial charge in [-0.3, -0.25) is 14.0 Å². The minimum Gasteiger partial charge on any atom is -0.487 e. The van der Waals surface area contributed by atoms with Crippen molar-refractivity contribution in [1.29, 1.82) is 0 Å². The van der Waals surface area contributed by atoms with Gasteiger partial charge in [-0.15, -0.1) is 6.07 Å². The first kappa shape index (κ1) is 24.1. The van der Waals surface area contributed by atoms with Crippen LogP contribution >= 0.6 is 22.6 Å². The Labute approximate surface area is 179 Å². The van der Waals surface area contributed by atoms with Crippen LogP contribution in [0.3, 0.4) is 0 Å². The molecule has 0 aliphatic heterocycles. The molecule has 0 bridgehead atoms. The zero-order valence-electron chi connectivity index (χ0n) is 12.7. The van der Waals surface area contributed by atoms with E-state index in [1.165, 1.54) is 6.07 Å². The minimum atomic E-state index is -1.50. The van der Waals surface area contributed by atoms with E-state index in [2.05, 4.69) is 6.07 Å². The van der Waals surface area contributed by atoms with Crippen LogP contribution in [0.15, 0.2) is 24.3 Å². The molecule has 0 amide bonds. The third-order valence-electron chi connectivity index (χ3n) is 2.73. The number of hydrogen-bond donors (Lipinski definition) is 1. The number of carbonyl (C=O) groups excluding carboxylic acids is 1. The number of carboxylic acids is 1. The minimum absolute atomic E-state index is 0. The van der Waals surface area contributed by atoms with Crippen molar-refractivity contribution in [2.45, 2.75) is 13.3 Å². The Morgan fingerprint density at radius 1 is 1.04 bits per heavy atom. The zero-order valence-corrected chi connectivity index (χ0v) is 17.7. The van der Waals surface area contributed by atoms with E-state index in [0.717, 1.165) is 18.2 Å². The number of carboxylic acid groups (broad SMARTS) is 1. The molecule has 0 saturated carbocycles. The van der Waals surface area contributed by atoms with Gasteiger partial charge in [0.05, 0.1) is 11.4 Å². The standard InChI is InChI=1S/C9H7F2IO.C7H3F2O2.Y/c1-2-8(13)6-3-5(12)4-7(10)9(6)11;8-5-3-1-2-4(6(5)9)7(10)11;/h3-4H,2H2,1H3;2-3H,(H,10,11);/q;-1;. The molecule has 131 valence electrons. The van der Waals surface area contributed by atoms with Crippen LogP contribution in [-0.2, 0) is 32.7 Å². The molecule has 9 heteroatoms. The van der Waals surface area contributed by atoms with Gasteiger partial charge in [0.2, 0.25) is 0 Å². The van der Waals surface area contributed by atoms with Gasteiger partial charge in [0.25, 0.3) is 5.97 Å². The molecule has 0 heterocycles. The first-order valence-corrected chi connectivity index (χ1v) is 7.53. The van der Waals surface area contributed by atoms with Crippen LogP contribution in [0.2, 0.25) is 0 Å².